The van der Waals surface area contributed by atoms with Crippen LogP contribution in [0.25, 0.3) is 0 Å². The van der Waals surface area contributed by atoms with Crippen LogP contribution in [0, 0.1) is 0 Å². The summed E-state index contributed by atoms with van der Waals surface area (Å²) in [5.74, 6) is 0.371. The van der Waals surface area contributed by atoms with Gasteiger partial charge < -0.3 is 0 Å². The van der Waals surface area contributed by atoms with Gasteiger partial charge in [0.05, 0.1) is 5.41 Å². The molecule has 0 spiro atoms. The van der Waals surface area contributed by atoms with E-state index in [1.807, 2.05) is 24.3 Å². The maximum atomic E-state index is 12.0. The molecular formula is C13H15ClO. The molecule has 0 heterocycles. The molecule has 1 fully saturated rings. The molecule has 1 saturated carbocycles. The van der Waals surface area contributed by atoms with Crippen LogP contribution in [0.1, 0.15) is 38.2 Å². The lowest BCUT2D eigenvalue weighted by molar-refractivity contribution is -0.125. The van der Waals surface area contributed by atoms with Gasteiger partial charge in [-0.1, -0.05) is 30.2 Å². The Bertz CT molecular complexity index is 369. The Morgan fingerprint density at radius 3 is 2.47 bits per heavy atom. The van der Waals surface area contributed by atoms with Gasteiger partial charge in [0.1, 0.15) is 5.78 Å². The fourth-order valence-electron chi connectivity index (χ4n) is 2.30. The number of hydrogen-bond acceptors (Lipinski definition) is 1. The van der Waals surface area contributed by atoms with Gasteiger partial charge in [-0.15, -0.1) is 0 Å². The van der Waals surface area contributed by atoms with Crippen molar-refractivity contribution < 1.29 is 4.79 Å². The second-order valence-electron chi connectivity index (χ2n) is 4.47. The van der Waals surface area contributed by atoms with E-state index in [1.54, 1.807) is 0 Å². The quantitative estimate of drug-likeness (QED) is 0.708. The Balaban J connectivity index is 2.35. The van der Waals surface area contributed by atoms with Gasteiger partial charge in [0.2, 0.25) is 0 Å². The predicted molar refractivity (Wildman–Crippen MR) is 62.3 cm³/mol. The third-order valence-corrected chi connectivity index (χ3v) is 3.68. The summed E-state index contributed by atoms with van der Waals surface area (Å²) >= 11 is 5.85. The van der Waals surface area contributed by atoms with Crippen LogP contribution in [0.4, 0.5) is 0 Å². The zero-order valence-corrected chi connectivity index (χ0v) is 9.68. The molecule has 15 heavy (non-hydrogen) atoms. The predicted octanol–water partition coefficient (Wildman–Crippen LogP) is 3.74. The third kappa shape index (κ3) is 1.93. The lowest BCUT2D eigenvalue weighted by Gasteiger charge is -2.32. The standard InChI is InChI=1S/C13H15ClO/c1-13(9-3-2-4-12(13)15)10-5-7-11(14)8-6-10/h5-8H,2-4,9H2,1H3. The van der Waals surface area contributed by atoms with Crippen molar-refractivity contribution in [1.29, 1.82) is 0 Å². The van der Waals surface area contributed by atoms with E-state index in [-0.39, 0.29) is 5.41 Å². The van der Waals surface area contributed by atoms with Gasteiger partial charge in [-0.05, 0) is 37.5 Å². The zero-order valence-electron chi connectivity index (χ0n) is 8.92. The monoisotopic (exact) mass is 222 g/mol. The molecule has 1 aliphatic rings. The molecule has 1 unspecified atom stereocenters. The normalized spacial score (nSPS) is 26.7. The smallest absolute Gasteiger partial charge is 0.143 e. The number of rotatable bonds is 1. The van der Waals surface area contributed by atoms with Gasteiger partial charge in [0, 0.05) is 11.4 Å². The van der Waals surface area contributed by atoms with E-state index in [0.717, 1.165) is 36.3 Å². The second kappa shape index (κ2) is 3.97. The first kappa shape index (κ1) is 10.7. The summed E-state index contributed by atoms with van der Waals surface area (Å²) in [6, 6.07) is 7.69. The molecule has 0 bridgehead atoms. The number of benzene rings is 1. The number of halogens is 1. The van der Waals surface area contributed by atoms with E-state index < -0.39 is 0 Å². The molecule has 80 valence electrons. The van der Waals surface area contributed by atoms with Crippen molar-refractivity contribution in [3.8, 4) is 0 Å². The lowest BCUT2D eigenvalue weighted by atomic mass is 9.70. The van der Waals surface area contributed by atoms with Gasteiger partial charge in [0.25, 0.3) is 0 Å². The van der Waals surface area contributed by atoms with Gasteiger partial charge in [-0.25, -0.2) is 0 Å². The molecule has 0 aromatic heterocycles. The van der Waals surface area contributed by atoms with Crippen molar-refractivity contribution in [1.82, 2.24) is 0 Å². The van der Waals surface area contributed by atoms with Crippen molar-refractivity contribution in [3.05, 3.63) is 34.9 Å². The number of carbonyl (C=O) groups is 1. The van der Waals surface area contributed by atoms with E-state index in [4.69, 9.17) is 11.6 Å². The van der Waals surface area contributed by atoms with Crippen LogP contribution >= 0.6 is 11.6 Å². The zero-order chi connectivity index (χ0) is 10.9. The van der Waals surface area contributed by atoms with Crippen molar-refractivity contribution in [2.45, 2.75) is 38.0 Å². The largest absolute Gasteiger partial charge is 0.299 e. The summed E-state index contributed by atoms with van der Waals surface area (Å²) in [5, 5.41) is 0.727. The molecule has 1 aromatic carbocycles. The van der Waals surface area contributed by atoms with Crippen LogP contribution in [0.3, 0.4) is 0 Å². The fourth-order valence-corrected chi connectivity index (χ4v) is 2.43. The van der Waals surface area contributed by atoms with Crippen LogP contribution in [0.15, 0.2) is 24.3 Å². The minimum Gasteiger partial charge on any atom is -0.299 e. The van der Waals surface area contributed by atoms with Gasteiger partial charge in [0.15, 0.2) is 0 Å². The molecule has 1 aliphatic carbocycles. The summed E-state index contributed by atoms with van der Waals surface area (Å²) in [4.78, 5) is 12.0. The van der Waals surface area contributed by atoms with E-state index in [0.29, 0.717) is 5.78 Å². The molecule has 0 radical (unpaired) electrons. The molecule has 1 nitrogen and oxygen atoms in total. The van der Waals surface area contributed by atoms with Crippen molar-refractivity contribution in [2.24, 2.45) is 0 Å². The molecule has 0 saturated heterocycles. The minimum absolute atomic E-state index is 0.275. The van der Waals surface area contributed by atoms with E-state index in [2.05, 4.69) is 6.92 Å². The first-order valence-electron chi connectivity index (χ1n) is 5.42. The Morgan fingerprint density at radius 2 is 1.87 bits per heavy atom. The Hall–Kier alpha value is -0.820. The number of ketones is 1. The topological polar surface area (TPSA) is 17.1 Å². The summed E-state index contributed by atoms with van der Waals surface area (Å²) < 4.78 is 0. The average Bonchev–Trinajstić information content (AvgIpc) is 2.23. The number of hydrogen-bond donors (Lipinski definition) is 0. The molecule has 0 aliphatic heterocycles. The first-order valence-corrected chi connectivity index (χ1v) is 5.80. The van der Waals surface area contributed by atoms with Crippen molar-refractivity contribution in [3.63, 3.8) is 0 Å². The number of Topliss-reactive ketones (excluding diaryl/α,β-unsaturated/α-hetero) is 1. The summed E-state index contributed by atoms with van der Waals surface area (Å²) in [5.41, 5.74) is 0.833. The third-order valence-electron chi connectivity index (χ3n) is 3.43. The van der Waals surface area contributed by atoms with Crippen LogP contribution in [-0.4, -0.2) is 5.78 Å². The van der Waals surface area contributed by atoms with Gasteiger partial charge in [-0.3, -0.25) is 4.79 Å². The van der Waals surface area contributed by atoms with Crippen LogP contribution in [0.5, 0.6) is 0 Å². The lowest BCUT2D eigenvalue weighted by Crippen LogP contribution is -2.35. The molecule has 1 atom stereocenters. The minimum atomic E-state index is -0.275. The highest BCUT2D eigenvalue weighted by molar-refractivity contribution is 6.30. The fraction of sp³-hybridized carbons (Fsp3) is 0.462. The van der Waals surface area contributed by atoms with Crippen LogP contribution in [-0.2, 0) is 10.2 Å². The molecule has 0 N–H and O–H groups in total. The summed E-state index contributed by atoms with van der Waals surface area (Å²) in [7, 11) is 0. The van der Waals surface area contributed by atoms with Crippen molar-refractivity contribution in [2.75, 3.05) is 0 Å². The SMILES string of the molecule is CC1(c2ccc(Cl)cc2)CCCCC1=O. The highest BCUT2D eigenvalue weighted by Crippen LogP contribution is 2.36. The molecular weight excluding hydrogens is 208 g/mol. The van der Waals surface area contributed by atoms with E-state index >= 15 is 0 Å². The van der Waals surface area contributed by atoms with E-state index in [9.17, 15) is 4.79 Å². The molecule has 1 aromatic rings. The average molecular weight is 223 g/mol. The summed E-state index contributed by atoms with van der Waals surface area (Å²) in [6.07, 6.45) is 3.87. The second-order valence-corrected chi connectivity index (χ2v) is 4.91. The van der Waals surface area contributed by atoms with Crippen LogP contribution in [0.2, 0.25) is 5.02 Å². The summed E-state index contributed by atoms with van der Waals surface area (Å²) in [6.45, 7) is 2.05. The molecule has 2 rings (SSSR count). The van der Waals surface area contributed by atoms with Crippen molar-refractivity contribution >= 4 is 17.4 Å². The van der Waals surface area contributed by atoms with Gasteiger partial charge >= 0.3 is 0 Å². The highest BCUT2D eigenvalue weighted by Gasteiger charge is 2.36. The van der Waals surface area contributed by atoms with Crippen LogP contribution < -0.4 is 0 Å². The van der Waals surface area contributed by atoms with Gasteiger partial charge in [-0.2, -0.15) is 0 Å². The first-order chi connectivity index (χ1) is 7.13. The molecule has 0 amide bonds. The number of carbonyl (C=O) groups excluding carboxylic acids is 1. The Labute approximate surface area is 95.4 Å². The Kier molecular flexibility index (Phi) is 2.83. The van der Waals surface area contributed by atoms with E-state index in [1.165, 1.54) is 0 Å². The Morgan fingerprint density at radius 1 is 1.20 bits per heavy atom. The molecule has 2 heteroatoms. The highest BCUT2D eigenvalue weighted by atomic mass is 35.5. The maximum absolute atomic E-state index is 12.0. The maximum Gasteiger partial charge on any atom is 0.143 e.